The molecular formula is C13H17N3. The number of nitrogens with two attached hydrogens (primary N) is 1. The number of piperidine rings is 1. The van der Waals surface area contributed by atoms with Gasteiger partial charge in [-0.15, -0.1) is 0 Å². The first kappa shape index (κ1) is 11.0. The second-order valence-corrected chi connectivity index (χ2v) is 4.53. The summed E-state index contributed by atoms with van der Waals surface area (Å²) < 4.78 is 0. The Kier molecular flexibility index (Phi) is 3.12. The minimum atomic E-state index is 0.254. The Morgan fingerprint density at radius 1 is 1.38 bits per heavy atom. The summed E-state index contributed by atoms with van der Waals surface area (Å²) in [5.74, 6) is 0.606. The lowest BCUT2D eigenvalue weighted by Crippen LogP contribution is -2.47. The van der Waals surface area contributed by atoms with Crippen LogP contribution in [0.5, 0.6) is 0 Å². The highest BCUT2D eigenvalue weighted by Gasteiger charge is 2.22. The van der Waals surface area contributed by atoms with Crippen molar-refractivity contribution in [3.8, 4) is 6.07 Å². The third-order valence-corrected chi connectivity index (χ3v) is 3.38. The van der Waals surface area contributed by atoms with E-state index in [1.807, 2.05) is 24.3 Å². The van der Waals surface area contributed by atoms with E-state index < -0.39 is 0 Å². The van der Waals surface area contributed by atoms with Gasteiger partial charge in [0.25, 0.3) is 0 Å². The Balaban J connectivity index is 2.10. The van der Waals surface area contributed by atoms with E-state index >= 15 is 0 Å². The van der Waals surface area contributed by atoms with Gasteiger partial charge in [-0.2, -0.15) is 5.26 Å². The molecule has 0 aliphatic carbocycles. The predicted octanol–water partition coefficient (Wildman–Crippen LogP) is 1.73. The minimum absolute atomic E-state index is 0.254. The molecule has 1 saturated heterocycles. The molecule has 0 amide bonds. The summed E-state index contributed by atoms with van der Waals surface area (Å²) in [4.78, 5) is 2.30. The van der Waals surface area contributed by atoms with Crippen molar-refractivity contribution in [3.63, 3.8) is 0 Å². The SMILES string of the molecule is CC1CCN(c2ccc(C#N)cc2)CC1N. The maximum atomic E-state index is 8.73. The van der Waals surface area contributed by atoms with E-state index in [9.17, 15) is 0 Å². The summed E-state index contributed by atoms with van der Waals surface area (Å²) in [5, 5.41) is 8.73. The van der Waals surface area contributed by atoms with Crippen molar-refractivity contribution < 1.29 is 0 Å². The van der Waals surface area contributed by atoms with E-state index in [1.165, 1.54) is 5.69 Å². The highest BCUT2D eigenvalue weighted by atomic mass is 15.2. The lowest BCUT2D eigenvalue weighted by molar-refractivity contribution is 0.379. The lowest BCUT2D eigenvalue weighted by atomic mass is 9.94. The van der Waals surface area contributed by atoms with E-state index in [2.05, 4.69) is 17.9 Å². The number of rotatable bonds is 1. The maximum Gasteiger partial charge on any atom is 0.0991 e. The van der Waals surface area contributed by atoms with E-state index in [0.717, 1.165) is 19.5 Å². The monoisotopic (exact) mass is 215 g/mol. The third-order valence-electron chi connectivity index (χ3n) is 3.38. The van der Waals surface area contributed by atoms with Crippen LogP contribution in [-0.4, -0.2) is 19.1 Å². The minimum Gasteiger partial charge on any atom is -0.370 e. The second-order valence-electron chi connectivity index (χ2n) is 4.53. The summed E-state index contributed by atoms with van der Waals surface area (Å²) >= 11 is 0. The van der Waals surface area contributed by atoms with Crippen LogP contribution in [0.2, 0.25) is 0 Å². The summed E-state index contributed by atoms with van der Waals surface area (Å²) in [6.07, 6.45) is 1.14. The predicted molar refractivity (Wildman–Crippen MR) is 65.1 cm³/mol. The Bertz CT molecular complexity index is 391. The van der Waals surface area contributed by atoms with Gasteiger partial charge in [0.15, 0.2) is 0 Å². The fraction of sp³-hybridized carbons (Fsp3) is 0.462. The van der Waals surface area contributed by atoms with Crippen molar-refractivity contribution in [1.29, 1.82) is 5.26 Å². The molecule has 2 rings (SSSR count). The van der Waals surface area contributed by atoms with Gasteiger partial charge >= 0.3 is 0 Å². The van der Waals surface area contributed by atoms with Gasteiger partial charge in [-0.3, -0.25) is 0 Å². The van der Waals surface area contributed by atoms with Gasteiger partial charge in [-0.05, 0) is 36.6 Å². The van der Waals surface area contributed by atoms with E-state index in [4.69, 9.17) is 11.0 Å². The van der Waals surface area contributed by atoms with Crippen LogP contribution in [0.25, 0.3) is 0 Å². The van der Waals surface area contributed by atoms with Gasteiger partial charge in [-0.25, -0.2) is 0 Å². The molecule has 1 aliphatic heterocycles. The quantitative estimate of drug-likeness (QED) is 0.776. The smallest absolute Gasteiger partial charge is 0.0991 e. The van der Waals surface area contributed by atoms with Gasteiger partial charge in [0.2, 0.25) is 0 Å². The van der Waals surface area contributed by atoms with Gasteiger partial charge in [-0.1, -0.05) is 6.92 Å². The molecule has 1 aromatic rings. The van der Waals surface area contributed by atoms with E-state index in [1.54, 1.807) is 0 Å². The fourth-order valence-corrected chi connectivity index (χ4v) is 2.08. The molecule has 2 N–H and O–H groups in total. The Morgan fingerprint density at radius 2 is 2.06 bits per heavy atom. The van der Waals surface area contributed by atoms with Crippen molar-refractivity contribution in [3.05, 3.63) is 29.8 Å². The van der Waals surface area contributed by atoms with Gasteiger partial charge in [0.05, 0.1) is 11.6 Å². The first-order valence-corrected chi connectivity index (χ1v) is 5.71. The molecule has 1 aliphatic rings. The third kappa shape index (κ3) is 2.17. The average Bonchev–Trinajstić information content (AvgIpc) is 2.33. The topological polar surface area (TPSA) is 53.0 Å². The summed E-state index contributed by atoms with van der Waals surface area (Å²) in [6.45, 7) is 4.18. The van der Waals surface area contributed by atoms with Gasteiger partial charge in [0.1, 0.15) is 0 Å². The van der Waals surface area contributed by atoms with Gasteiger partial charge < -0.3 is 10.6 Å². The number of hydrogen-bond donors (Lipinski definition) is 1. The van der Waals surface area contributed by atoms with Crippen molar-refractivity contribution in [2.75, 3.05) is 18.0 Å². The Morgan fingerprint density at radius 3 is 2.62 bits per heavy atom. The number of nitriles is 1. The standard InChI is InChI=1S/C13H17N3/c1-10-6-7-16(9-13(10)15)12-4-2-11(8-14)3-5-12/h2-5,10,13H,6-7,9,15H2,1H3. The van der Waals surface area contributed by atoms with Crippen molar-refractivity contribution in [2.24, 2.45) is 11.7 Å². The largest absolute Gasteiger partial charge is 0.370 e. The van der Waals surface area contributed by atoms with Crippen molar-refractivity contribution in [1.82, 2.24) is 0 Å². The van der Waals surface area contributed by atoms with Crippen LogP contribution in [0.3, 0.4) is 0 Å². The Labute approximate surface area is 96.5 Å². The normalized spacial score (nSPS) is 25.2. The molecule has 1 aromatic carbocycles. The van der Waals surface area contributed by atoms with Crippen LogP contribution in [0.1, 0.15) is 18.9 Å². The number of anilines is 1. The molecule has 0 bridgehead atoms. The van der Waals surface area contributed by atoms with Crippen LogP contribution in [-0.2, 0) is 0 Å². The highest BCUT2D eigenvalue weighted by molar-refractivity contribution is 5.50. The molecule has 84 valence electrons. The van der Waals surface area contributed by atoms with E-state index in [0.29, 0.717) is 11.5 Å². The molecule has 3 heteroatoms. The van der Waals surface area contributed by atoms with Crippen LogP contribution < -0.4 is 10.6 Å². The summed E-state index contributed by atoms with van der Waals surface area (Å²) in [7, 11) is 0. The molecule has 2 unspecified atom stereocenters. The highest BCUT2D eigenvalue weighted by Crippen LogP contribution is 2.22. The van der Waals surface area contributed by atoms with Crippen molar-refractivity contribution >= 4 is 5.69 Å². The molecule has 1 fully saturated rings. The average molecular weight is 215 g/mol. The lowest BCUT2D eigenvalue weighted by Gasteiger charge is -2.36. The maximum absolute atomic E-state index is 8.73. The molecular weight excluding hydrogens is 198 g/mol. The number of nitrogens with zero attached hydrogens (tertiary/aromatic N) is 2. The van der Waals surface area contributed by atoms with Crippen LogP contribution in [0.15, 0.2) is 24.3 Å². The molecule has 3 nitrogen and oxygen atoms in total. The zero-order valence-electron chi connectivity index (χ0n) is 9.56. The molecule has 0 saturated carbocycles. The van der Waals surface area contributed by atoms with Crippen LogP contribution >= 0.6 is 0 Å². The van der Waals surface area contributed by atoms with Crippen molar-refractivity contribution in [2.45, 2.75) is 19.4 Å². The molecule has 0 aromatic heterocycles. The van der Waals surface area contributed by atoms with E-state index in [-0.39, 0.29) is 6.04 Å². The second kappa shape index (κ2) is 4.54. The fourth-order valence-electron chi connectivity index (χ4n) is 2.08. The van der Waals surface area contributed by atoms with Crippen LogP contribution in [0.4, 0.5) is 5.69 Å². The Hall–Kier alpha value is -1.53. The van der Waals surface area contributed by atoms with Crippen LogP contribution in [0, 0.1) is 17.2 Å². The van der Waals surface area contributed by atoms with Gasteiger partial charge in [0, 0.05) is 24.8 Å². The zero-order chi connectivity index (χ0) is 11.5. The number of hydrogen-bond acceptors (Lipinski definition) is 3. The molecule has 2 atom stereocenters. The first-order chi connectivity index (χ1) is 7.70. The summed E-state index contributed by atoms with van der Waals surface area (Å²) in [6, 6.07) is 10.1. The molecule has 16 heavy (non-hydrogen) atoms. The zero-order valence-corrected chi connectivity index (χ0v) is 9.56. The number of benzene rings is 1. The molecule has 0 spiro atoms. The molecule has 1 heterocycles. The first-order valence-electron chi connectivity index (χ1n) is 5.71. The summed E-state index contributed by atoms with van der Waals surface area (Å²) in [5.41, 5.74) is 7.94. The molecule has 0 radical (unpaired) electrons.